The molecule has 0 saturated carbocycles. The van der Waals surface area contributed by atoms with E-state index in [1.54, 1.807) is 6.07 Å². The van der Waals surface area contributed by atoms with Gasteiger partial charge in [-0.25, -0.2) is 4.39 Å². The van der Waals surface area contributed by atoms with Crippen LogP contribution in [-0.4, -0.2) is 4.92 Å². The first-order chi connectivity index (χ1) is 8.56. The van der Waals surface area contributed by atoms with Crippen molar-refractivity contribution >= 4 is 22.7 Å². The number of nitrogens with one attached hydrogen (secondary N) is 1. The molecule has 0 atom stereocenters. The molecule has 0 aliphatic rings. The average Bonchev–Trinajstić information content (AvgIpc) is 2.31. The summed E-state index contributed by atoms with van der Waals surface area (Å²) in [6, 6.07) is 9.95. The highest BCUT2D eigenvalue weighted by Crippen LogP contribution is 2.29. The summed E-state index contributed by atoms with van der Waals surface area (Å²) in [6.07, 6.45) is 0. The van der Waals surface area contributed by atoms with Crippen molar-refractivity contribution in [1.82, 2.24) is 0 Å². The summed E-state index contributed by atoms with van der Waals surface area (Å²) in [5.41, 5.74) is 6.33. The van der Waals surface area contributed by atoms with E-state index in [9.17, 15) is 14.5 Å². The minimum atomic E-state index is -0.544. The van der Waals surface area contributed by atoms with Crippen molar-refractivity contribution in [2.45, 2.75) is 0 Å². The lowest BCUT2D eigenvalue weighted by Gasteiger charge is -2.07. The fraction of sp³-hybridized carbons (Fsp3) is 0. The van der Waals surface area contributed by atoms with Crippen LogP contribution in [0.2, 0.25) is 0 Å². The van der Waals surface area contributed by atoms with Crippen molar-refractivity contribution in [3.05, 3.63) is 58.4 Å². The predicted molar refractivity (Wildman–Crippen MR) is 67.2 cm³/mol. The molecule has 92 valence electrons. The first-order valence-electron chi connectivity index (χ1n) is 5.13. The Balaban J connectivity index is 2.37. The fourth-order valence-corrected chi connectivity index (χ4v) is 1.53. The van der Waals surface area contributed by atoms with Crippen LogP contribution in [-0.2, 0) is 0 Å². The third kappa shape index (κ3) is 2.54. The number of nitrogens with zero attached hydrogens (tertiary/aromatic N) is 1. The molecule has 2 aromatic carbocycles. The number of halogens is 1. The van der Waals surface area contributed by atoms with Crippen molar-refractivity contribution < 1.29 is 9.31 Å². The molecular weight excluding hydrogens is 237 g/mol. The molecule has 0 aromatic heterocycles. The summed E-state index contributed by atoms with van der Waals surface area (Å²) in [5, 5.41) is 13.7. The highest BCUT2D eigenvalue weighted by atomic mass is 19.1. The molecule has 3 N–H and O–H groups in total. The van der Waals surface area contributed by atoms with Crippen molar-refractivity contribution in [1.29, 1.82) is 0 Å². The van der Waals surface area contributed by atoms with Gasteiger partial charge in [-0.1, -0.05) is 6.07 Å². The van der Waals surface area contributed by atoms with E-state index in [0.717, 1.165) is 0 Å². The zero-order valence-corrected chi connectivity index (χ0v) is 9.26. The molecule has 5 nitrogen and oxygen atoms in total. The van der Waals surface area contributed by atoms with Crippen LogP contribution in [0.15, 0.2) is 42.5 Å². The second-order valence-electron chi connectivity index (χ2n) is 3.67. The van der Waals surface area contributed by atoms with Crippen LogP contribution < -0.4 is 11.1 Å². The third-order valence-corrected chi connectivity index (χ3v) is 2.32. The Morgan fingerprint density at radius 1 is 1.22 bits per heavy atom. The number of anilines is 3. The van der Waals surface area contributed by atoms with Crippen LogP contribution >= 0.6 is 0 Å². The molecule has 0 spiro atoms. The Morgan fingerprint density at radius 3 is 2.67 bits per heavy atom. The Bertz CT molecular complexity index is 602. The van der Waals surface area contributed by atoms with E-state index >= 15 is 0 Å². The van der Waals surface area contributed by atoms with Gasteiger partial charge in [-0.05, 0) is 30.3 Å². The largest absolute Gasteiger partial charge is 0.399 e. The molecule has 0 amide bonds. The molecular formula is C12H10FN3O2. The zero-order valence-electron chi connectivity index (χ0n) is 9.26. The quantitative estimate of drug-likeness (QED) is 0.496. The highest BCUT2D eigenvalue weighted by molar-refractivity contribution is 5.72. The van der Waals surface area contributed by atoms with Gasteiger partial charge in [-0.15, -0.1) is 0 Å². The van der Waals surface area contributed by atoms with Gasteiger partial charge in [0.1, 0.15) is 11.5 Å². The van der Waals surface area contributed by atoms with Gasteiger partial charge in [0.2, 0.25) is 0 Å². The number of rotatable bonds is 3. The van der Waals surface area contributed by atoms with Gasteiger partial charge in [-0.3, -0.25) is 10.1 Å². The molecule has 2 rings (SSSR count). The molecule has 0 saturated heterocycles. The van der Waals surface area contributed by atoms with Gasteiger partial charge in [0, 0.05) is 17.4 Å². The van der Waals surface area contributed by atoms with Crippen molar-refractivity contribution in [3.63, 3.8) is 0 Å². The number of nitro groups is 1. The predicted octanol–water partition coefficient (Wildman–Crippen LogP) is 3.06. The summed E-state index contributed by atoms with van der Waals surface area (Å²) >= 11 is 0. The standard InChI is InChI=1S/C12H10FN3O2/c13-8-2-1-3-10(6-8)15-11-5-4-9(14)7-12(11)16(17)18/h1-7,15H,14H2. The molecule has 0 bridgehead atoms. The lowest BCUT2D eigenvalue weighted by atomic mass is 10.2. The van der Waals surface area contributed by atoms with Gasteiger partial charge in [0.25, 0.3) is 5.69 Å². The van der Waals surface area contributed by atoms with E-state index in [2.05, 4.69) is 5.32 Å². The van der Waals surface area contributed by atoms with Crippen LogP contribution in [0.4, 0.5) is 27.1 Å². The average molecular weight is 247 g/mol. The van der Waals surface area contributed by atoms with E-state index in [-0.39, 0.29) is 11.4 Å². The lowest BCUT2D eigenvalue weighted by molar-refractivity contribution is -0.383. The van der Waals surface area contributed by atoms with Gasteiger partial charge in [-0.2, -0.15) is 0 Å². The van der Waals surface area contributed by atoms with Crippen molar-refractivity contribution in [3.8, 4) is 0 Å². The number of hydrogen-bond donors (Lipinski definition) is 2. The molecule has 0 radical (unpaired) electrons. The Hall–Kier alpha value is -2.63. The molecule has 0 heterocycles. The monoisotopic (exact) mass is 247 g/mol. The molecule has 18 heavy (non-hydrogen) atoms. The van der Waals surface area contributed by atoms with Gasteiger partial charge >= 0.3 is 0 Å². The first kappa shape index (κ1) is 11.8. The molecule has 0 fully saturated rings. The molecule has 2 aromatic rings. The summed E-state index contributed by atoms with van der Waals surface area (Å²) in [4.78, 5) is 10.3. The zero-order chi connectivity index (χ0) is 13.1. The fourth-order valence-electron chi connectivity index (χ4n) is 1.53. The second kappa shape index (κ2) is 4.70. The Labute approximate surface area is 102 Å². The molecule has 0 unspecified atom stereocenters. The Morgan fingerprint density at radius 2 is 2.00 bits per heavy atom. The maximum Gasteiger partial charge on any atom is 0.294 e. The van der Waals surface area contributed by atoms with Crippen molar-refractivity contribution in [2.75, 3.05) is 11.1 Å². The number of nitro benzene ring substituents is 1. The molecule has 6 heteroatoms. The van der Waals surface area contributed by atoms with E-state index in [0.29, 0.717) is 11.4 Å². The second-order valence-corrected chi connectivity index (χ2v) is 3.67. The van der Waals surface area contributed by atoms with Crippen LogP contribution in [0, 0.1) is 15.9 Å². The third-order valence-electron chi connectivity index (χ3n) is 2.32. The SMILES string of the molecule is Nc1ccc(Nc2cccc(F)c2)c([N+](=O)[O-])c1. The van der Waals surface area contributed by atoms with Gasteiger partial charge < -0.3 is 11.1 Å². The number of nitrogens with two attached hydrogens (primary N) is 1. The van der Waals surface area contributed by atoms with Crippen LogP contribution in [0.1, 0.15) is 0 Å². The van der Waals surface area contributed by atoms with Gasteiger partial charge in [0.15, 0.2) is 0 Å². The summed E-state index contributed by atoms with van der Waals surface area (Å²) in [5.74, 6) is -0.418. The summed E-state index contributed by atoms with van der Waals surface area (Å²) in [6.45, 7) is 0. The summed E-state index contributed by atoms with van der Waals surface area (Å²) in [7, 11) is 0. The lowest BCUT2D eigenvalue weighted by Crippen LogP contribution is -1.98. The van der Waals surface area contributed by atoms with E-state index < -0.39 is 10.7 Å². The van der Waals surface area contributed by atoms with E-state index in [1.165, 1.54) is 36.4 Å². The number of nitrogen functional groups attached to an aromatic ring is 1. The van der Waals surface area contributed by atoms with Gasteiger partial charge in [0.05, 0.1) is 4.92 Å². The topological polar surface area (TPSA) is 81.2 Å². The minimum absolute atomic E-state index is 0.153. The van der Waals surface area contributed by atoms with Crippen LogP contribution in [0.3, 0.4) is 0 Å². The minimum Gasteiger partial charge on any atom is -0.399 e. The van der Waals surface area contributed by atoms with Crippen molar-refractivity contribution in [2.24, 2.45) is 0 Å². The first-order valence-corrected chi connectivity index (χ1v) is 5.13. The molecule has 0 aliphatic carbocycles. The maximum absolute atomic E-state index is 13.0. The van der Waals surface area contributed by atoms with E-state index in [1.807, 2.05) is 0 Å². The maximum atomic E-state index is 13.0. The smallest absolute Gasteiger partial charge is 0.294 e. The number of hydrogen-bond acceptors (Lipinski definition) is 4. The van der Waals surface area contributed by atoms with E-state index in [4.69, 9.17) is 5.73 Å². The van der Waals surface area contributed by atoms with Crippen LogP contribution in [0.5, 0.6) is 0 Å². The Kier molecular flexibility index (Phi) is 3.09. The molecule has 0 aliphatic heterocycles. The summed E-state index contributed by atoms with van der Waals surface area (Å²) < 4.78 is 13.0. The normalized spacial score (nSPS) is 10.1. The highest BCUT2D eigenvalue weighted by Gasteiger charge is 2.14. The van der Waals surface area contributed by atoms with Crippen LogP contribution in [0.25, 0.3) is 0 Å². The number of benzene rings is 2.